The van der Waals surface area contributed by atoms with Gasteiger partial charge < -0.3 is 5.32 Å². The first-order valence-electron chi connectivity index (χ1n) is 7.87. The lowest BCUT2D eigenvalue weighted by molar-refractivity contribution is -0.137. The van der Waals surface area contributed by atoms with Crippen LogP contribution in [0.15, 0.2) is 36.4 Å². The number of alkyl halides is 3. The topological polar surface area (TPSA) is 12.0 Å². The van der Waals surface area contributed by atoms with E-state index in [1.807, 2.05) is 18.2 Å². The molecule has 0 saturated carbocycles. The molecule has 0 spiro atoms. The van der Waals surface area contributed by atoms with Gasteiger partial charge in [0.1, 0.15) is 0 Å². The molecule has 0 aromatic heterocycles. The van der Waals surface area contributed by atoms with Gasteiger partial charge >= 0.3 is 6.18 Å². The Morgan fingerprint density at radius 1 is 0.917 bits per heavy atom. The van der Waals surface area contributed by atoms with E-state index >= 15 is 0 Å². The lowest BCUT2D eigenvalue weighted by Crippen LogP contribution is -2.07. The van der Waals surface area contributed by atoms with Crippen LogP contribution >= 0.6 is 11.6 Å². The summed E-state index contributed by atoms with van der Waals surface area (Å²) in [5, 5.41) is 3.41. The summed E-state index contributed by atoms with van der Waals surface area (Å²) in [6.07, 6.45) is -4.40. The van der Waals surface area contributed by atoms with Crippen LogP contribution in [0.5, 0.6) is 0 Å². The van der Waals surface area contributed by atoms with E-state index in [0.29, 0.717) is 0 Å². The first-order valence-corrected chi connectivity index (χ1v) is 8.25. The van der Waals surface area contributed by atoms with Crippen molar-refractivity contribution in [1.82, 2.24) is 0 Å². The summed E-state index contributed by atoms with van der Waals surface area (Å²) in [4.78, 5) is 0. The number of benzene rings is 2. The smallest absolute Gasteiger partial charge is 0.354 e. The Balaban J connectivity index is 2.55. The Labute approximate surface area is 145 Å². The molecule has 130 valence electrons. The van der Waals surface area contributed by atoms with E-state index in [1.54, 1.807) is 0 Å². The van der Waals surface area contributed by atoms with Crippen molar-refractivity contribution >= 4 is 23.0 Å². The number of rotatable bonds is 4. The summed E-state index contributed by atoms with van der Waals surface area (Å²) in [5.41, 5.74) is 2.48. The fraction of sp³-hybridized carbons (Fsp3) is 0.368. The van der Waals surface area contributed by atoms with Gasteiger partial charge in [-0.1, -0.05) is 57.5 Å². The standard InChI is InChI=1S/C19H21ClF3N/c1-11(2)14-6-5-7-15(12(3)4)18(14)24-17-10-13(19(21,22)23)8-9-16(17)20/h5-12,24H,1-4H3. The minimum atomic E-state index is -4.40. The van der Waals surface area contributed by atoms with Gasteiger partial charge in [0, 0.05) is 5.69 Å². The Morgan fingerprint density at radius 3 is 1.92 bits per heavy atom. The van der Waals surface area contributed by atoms with Gasteiger partial charge in [-0.15, -0.1) is 0 Å². The van der Waals surface area contributed by atoms with Gasteiger partial charge in [-0.25, -0.2) is 0 Å². The van der Waals surface area contributed by atoms with Gasteiger partial charge in [0.2, 0.25) is 0 Å². The van der Waals surface area contributed by atoms with E-state index < -0.39 is 11.7 Å². The molecule has 2 aromatic rings. The molecule has 1 nitrogen and oxygen atoms in total. The normalized spacial score (nSPS) is 12.1. The van der Waals surface area contributed by atoms with Crippen LogP contribution in [0.1, 0.15) is 56.2 Å². The average molecular weight is 356 g/mol. The van der Waals surface area contributed by atoms with E-state index in [4.69, 9.17) is 11.6 Å². The fourth-order valence-electron chi connectivity index (χ4n) is 2.63. The van der Waals surface area contributed by atoms with Crippen molar-refractivity contribution in [3.05, 3.63) is 58.1 Å². The van der Waals surface area contributed by atoms with Crippen LogP contribution < -0.4 is 5.32 Å². The predicted octanol–water partition coefficient (Wildman–Crippen LogP) is 7.35. The number of halogens is 4. The molecule has 0 atom stereocenters. The number of nitrogens with one attached hydrogen (secondary N) is 1. The number of para-hydroxylation sites is 1. The molecule has 0 radical (unpaired) electrons. The Morgan fingerprint density at radius 2 is 1.46 bits per heavy atom. The van der Waals surface area contributed by atoms with E-state index in [9.17, 15) is 13.2 Å². The summed E-state index contributed by atoms with van der Waals surface area (Å²) < 4.78 is 38.9. The van der Waals surface area contributed by atoms with Crippen LogP contribution in [0, 0.1) is 0 Å². The molecule has 0 saturated heterocycles. The van der Waals surface area contributed by atoms with Crippen molar-refractivity contribution in [2.45, 2.75) is 45.7 Å². The summed E-state index contributed by atoms with van der Waals surface area (Å²) in [7, 11) is 0. The van der Waals surface area contributed by atoms with E-state index in [2.05, 4.69) is 33.0 Å². The highest BCUT2D eigenvalue weighted by Crippen LogP contribution is 2.38. The van der Waals surface area contributed by atoms with E-state index in [-0.39, 0.29) is 22.5 Å². The van der Waals surface area contributed by atoms with Gasteiger partial charge in [0.25, 0.3) is 0 Å². The molecule has 0 heterocycles. The van der Waals surface area contributed by atoms with Crippen LogP contribution in [0.3, 0.4) is 0 Å². The maximum absolute atomic E-state index is 13.0. The zero-order chi connectivity index (χ0) is 18.1. The Bertz CT molecular complexity index is 695. The van der Waals surface area contributed by atoms with Crippen molar-refractivity contribution in [3.8, 4) is 0 Å². The van der Waals surface area contributed by atoms with Gasteiger partial charge in [-0.05, 0) is 41.2 Å². The maximum Gasteiger partial charge on any atom is 0.416 e. The second kappa shape index (κ2) is 7.06. The van der Waals surface area contributed by atoms with Crippen molar-refractivity contribution in [2.24, 2.45) is 0 Å². The molecule has 0 aliphatic heterocycles. The fourth-order valence-corrected chi connectivity index (χ4v) is 2.79. The molecule has 0 amide bonds. The first kappa shape index (κ1) is 18.7. The molecular weight excluding hydrogens is 335 g/mol. The third-order valence-corrected chi connectivity index (χ3v) is 4.26. The van der Waals surface area contributed by atoms with Crippen molar-refractivity contribution in [3.63, 3.8) is 0 Å². The molecule has 0 aliphatic rings. The highest BCUT2D eigenvalue weighted by Gasteiger charge is 2.31. The number of hydrogen-bond acceptors (Lipinski definition) is 1. The number of hydrogen-bond donors (Lipinski definition) is 1. The quantitative estimate of drug-likeness (QED) is 0.604. The zero-order valence-electron chi connectivity index (χ0n) is 14.1. The Hall–Kier alpha value is -1.68. The summed E-state index contributed by atoms with van der Waals surface area (Å²) in [6, 6.07) is 9.28. The molecule has 0 aliphatic carbocycles. The summed E-state index contributed by atoms with van der Waals surface area (Å²) in [6.45, 7) is 8.22. The minimum absolute atomic E-state index is 0.232. The van der Waals surface area contributed by atoms with Crippen molar-refractivity contribution in [1.29, 1.82) is 0 Å². The lowest BCUT2D eigenvalue weighted by atomic mass is 9.92. The molecule has 24 heavy (non-hydrogen) atoms. The molecule has 0 unspecified atom stereocenters. The molecule has 0 fully saturated rings. The van der Waals surface area contributed by atoms with Crippen LogP contribution in [0.2, 0.25) is 5.02 Å². The van der Waals surface area contributed by atoms with E-state index in [1.165, 1.54) is 6.07 Å². The molecular formula is C19H21ClF3N. The predicted molar refractivity (Wildman–Crippen MR) is 94.4 cm³/mol. The lowest BCUT2D eigenvalue weighted by Gasteiger charge is -2.22. The van der Waals surface area contributed by atoms with Crippen LogP contribution in [-0.2, 0) is 6.18 Å². The van der Waals surface area contributed by atoms with Crippen molar-refractivity contribution < 1.29 is 13.2 Å². The second-order valence-corrected chi connectivity index (χ2v) is 6.85. The van der Waals surface area contributed by atoms with Gasteiger partial charge in [-0.3, -0.25) is 0 Å². The molecule has 2 aromatic carbocycles. The highest BCUT2D eigenvalue weighted by molar-refractivity contribution is 6.33. The molecule has 5 heteroatoms. The minimum Gasteiger partial charge on any atom is -0.354 e. The van der Waals surface area contributed by atoms with Crippen LogP contribution in [-0.4, -0.2) is 0 Å². The third-order valence-electron chi connectivity index (χ3n) is 3.93. The van der Waals surface area contributed by atoms with Gasteiger partial charge in [0.05, 0.1) is 16.3 Å². The second-order valence-electron chi connectivity index (χ2n) is 6.44. The molecule has 1 N–H and O–H groups in total. The molecule has 0 bridgehead atoms. The van der Waals surface area contributed by atoms with Crippen LogP contribution in [0.4, 0.5) is 24.5 Å². The van der Waals surface area contributed by atoms with Gasteiger partial charge in [-0.2, -0.15) is 13.2 Å². The third kappa shape index (κ3) is 4.04. The van der Waals surface area contributed by atoms with Gasteiger partial charge in [0.15, 0.2) is 0 Å². The average Bonchev–Trinajstić information content (AvgIpc) is 2.48. The SMILES string of the molecule is CC(C)c1cccc(C(C)C)c1Nc1cc(C(F)(F)F)ccc1Cl. The highest BCUT2D eigenvalue weighted by atomic mass is 35.5. The first-order chi connectivity index (χ1) is 11.1. The Kier molecular flexibility index (Phi) is 5.49. The van der Waals surface area contributed by atoms with Crippen LogP contribution in [0.25, 0.3) is 0 Å². The van der Waals surface area contributed by atoms with E-state index in [0.717, 1.165) is 28.9 Å². The maximum atomic E-state index is 13.0. The summed E-state index contributed by atoms with van der Waals surface area (Å²) >= 11 is 6.13. The number of anilines is 2. The zero-order valence-corrected chi connectivity index (χ0v) is 14.9. The monoisotopic (exact) mass is 355 g/mol. The molecule has 2 rings (SSSR count). The largest absolute Gasteiger partial charge is 0.416 e. The van der Waals surface area contributed by atoms with Crippen molar-refractivity contribution in [2.75, 3.05) is 5.32 Å². The summed E-state index contributed by atoms with van der Waals surface area (Å²) in [5.74, 6) is 0.464.